The van der Waals surface area contributed by atoms with E-state index >= 15 is 0 Å². The summed E-state index contributed by atoms with van der Waals surface area (Å²) in [5.41, 5.74) is 0.423. The number of anilines is 1. The number of likely N-dealkylation sites (N-methyl/N-ethyl adjacent to an activating group) is 1. The van der Waals surface area contributed by atoms with E-state index in [-0.39, 0.29) is 23.2 Å². The van der Waals surface area contributed by atoms with Crippen LogP contribution in [0.15, 0.2) is 24.3 Å². The van der Waals surface area contributed by atoms with Crippen LogP contribution in [0.2, 0.25) is 0 Å². The maximum absolute atomic E-state index is 12.4. The zero-order chi connectivity index (χ0) is 19.6. The molecule has 2 aliphatic rings. The molecule has 0 saturated carbocycles. The van der Waals surface area contributed by atoms with E-state index in [2.05, 4.69) is 4.90 Å². The molecule has 1 fully saturated rings. The second-order valence-electron chi connectivity index (χ2n) is 6.81. The van der Waals surface area contributed by atoms with Gasteiger partial charge in [-0.3, -0.25) is 14.9 Å². The molecule has 9 nitrogen and oxygen atoms in total. The number of amides is 1. The van der Waals surface area contributed by atoms with E-state index in [1.165, 1.54) is 12.1 Å². The molecule has 142 valence electrons. The molecule has 0 radical (unpaired) electrons. The number of rotatable bonds is 4. The normalized spacial score (nSPS) is 18.7. The molecular weight excluding hydrogens is 350 g/mol. The van der Waals surface area contributed by atoms with Gasteiger partial charge in [0.05, 0.1) is 22.7 Å². The highest BCUT2D eigenvalue weighted by molar-refractivity contribution is 5.88. The van der Waals surface area contributed by atoms with Gasteiger partial charge in [-0.05, 0) is 20.2 Å². The number of hydrogen-bond donors (Lipinski definition) is 0. The summed E-state index contributed by atoms with van der Waals surface area (Å²) in [6.07, 6.45) is 3.42. The highest BCUT2D eigenvalue weighted by Gasteiger charge is 2.35. The predicted molar refractivity (Wildman–Crippen MR) is 98.7 cm³/mol. The Kier molecular flexibility index (Phi) is 5.28. The average molecular weight is 371 g/mol. The van der Waals surface area contributed by atoms with Crippen molar-refractivity contribution in [3.8, 4) is 11.8 Å². The van der Waals surface area contributed by atoms with Crippen LogP contribution in [0.25, 0.3) is 0 Å². The molecule has 0 aromatic heterocycles. The van der Waals surface area contributed by atoms with Crippen LogP contribution in [0.4, 0.5) is 11.4 Å². The van der Waals surface area contributed by atoms with E-state index < -0.39 is 4.92 Å². The Morgan fingerprint density at radius 3 is 2.93 bits per heavy atom. The SMILES string of the molecule is CN(C)C/C=C/C(=O)N1CCN2c3cc(C#N)c([N+](=O)[O-])cc3OC[C@@H]2C1. The summed E-state index contributed by atoms with van der Waals surface area (Å²) in [5.74, 6) is 0.367. The van der Waals surface area contributed by atoms with Gasteiger partial charge in [-0.25, -0.2) is 0 Å². The molecule has 0 aliphatic carbocycles. The molecule has 2 heterocycles. The number of ether oxygens (including phenoxy) is 1. The van der Waals surface area contributed by atoms with Gasteiger partial charge < -0.3 is 19.4 Å². The smallest absolute Gasteiger partial charge is 0.290 e. The molecule has 1 atom stereocenters. The number of nitriles is 1. The lowest BCUT2D eigenvalue weighted by Gasteiger charge is -2.45. The van der Waals surface area contributed by atoms with E-state index in [9.17, 15) is 20.2 Å². The zero-order valence-corrected chi connectivity index (χ0v) is 15.3. The second kappa shape index (κ2) is 7.63. The summed E-state index contributed by atoms with van der Waals surface area (Å²) in [7, 11) is 3.87. The zero-order valence-electron chi connectivity index (χ0n) is 15.3. The van der Waals surface area contributed by atoms with Crippen molar-refractivity contribution in [2.24, 2.45) is 0 Å². The van der Waals surface area contributed by atoms with Gasteiger partial charge in [-0.2, -0.15) is 5.26 Å². The highest BCUT2D eigenvalue weighted by Crippen LogP contribution is 2.39. The van der Waals surface area contributed by atoms with Gasteiger partial charge in [0, 0.05) is 32.3 Å². The van der Waals surface area contributed by atoms with Crippen LogP contribution in [-0.4, -0.2) is 73.6 Å². The van der Waals surface area contributed by atoms with Crippen molar-refractivity contribution in [3.63, 3.8) is 0 Å². The number of piperazine rings is 1. The summed E-state index contributed by atoms with van der Waals surface area (Å²) in [6.45, 7) is 2.66. The average Bonchev–Trinajstić information content (AvgIpc) is 2.65. The molecule has 3 rings (SSSR count). The molecular formula is C18H21N5O4. The van der Waals surface area contributed by atoms with Gasteiger partial charge in [0.25, 0.3) is 5.69 Å². The van der Waals surface area contributed by atoms with Gasteiger partial charge in [0.15, 0.2) is 0 Å². The lowest BCUT2D eigenvalue weighted by Crippen LogP contribution is -2.58. The van der Waals surface area contributed by atoms with Crippen LogP contribution < -0.4 is 9.64 Å². The minimum Gasteiger partial charge on any atom is -0.489 e. The standard InChI is InChI=1S/C18H21N5O4/c1-20(2)5-3-4-18(24)21-6-7-22-14(11-21)12-27-17-9-15(23(25)26)13(10-19)8-16(17)22/h3-4,8-9,14H,5-7,11-12H2,1-2H3/b4-3+/t14-/m0/s1. The van der Waals surface area contributed by atoms with Gasteiger partial charge >= 0.3 is 0 Å². The fraction of sp³-hybridized carbons (Fsp3) is 0.444. The maximum Gasteiger partial charge on any atom is 0.290 e. The van der Waals surface area contributed by atoms with Crippen molar-refractivity contribution in [1.82, 2.24) is 9.80 Å². The van der Waals surface area contributed by atoms with E-state index in [0.717, 1.165) is 0 Å². The lowest BCUT2D eigenvalue weighted by molar-refractivity contribution is -0.385. The molecule has 0 spiro atoms. The van der Waals surface area contributed by atoms with Crippen molar-refractivity contribution < 1.29 is 14.5 Å². The van der Waals surface area contributed by atoms with Crippen LogP contribution >= 0.6 is 0 Å². The number of nitro groups is 1. The molecule has 2 aliphatic heterocycles. The van der Waals surface area contributed by atoms with E-state index in [1.54, 1.807) is 11.0 Å². The van der Waals surface area contributed by atoms with Crippen molar-refractivity contribution in [1.29, 1.82) is 5.26 Å². The Labute approximate surface area is 157 Å². The summed E-state index contributed by atoms with van der Waals surface area (Å²) < 4.78 is 5.71. The van der Waals surface area contributed by atoms with Crippen LogP contribution in [0.5, 0.6) is 5.75 Å². The number of hydrogen-bond acceptors (Lipinski definition) is 7. The van der Waals surface area contributed by atoms with Crippen molar-refractivity contribution in [3.05, 3.63) is 40.0 Å². The van der Waals surface area contributed by atoms with Crippen LogP contribution in [0, 0.1) is 21.4 Å². The Balaban J connectivity index is 1.76. The third kappa shape index (κ3) is 3.85. The lowest BCUT2D eigenvalue weighted by atomic mass is 10.1. The number of fused-ring (bicyclic) bond motifs is 3. The fourth-order valence-corrected chi connectivity index (χ4v) is 3.31. The molecule has 0 unspecified atom stereocenters. The van der Waals surface area contributed by atoms with Crippen molar-refractivity contribution in [2.75, 3.05) is 51.8 Å². The highest BCUT2D eigenvalue weighted by atomic mass is 16.6. The first-order valence-corrected chi connectivity index (χ1v) is 8.63. The van der Waals surface area contributed by atoms with E-state index in [1.807, 2.05) is 31.1 Å². The number of carbonyl (C=O) groups excluding carboxylic acids is 1. The Morgan fingerprint density at radius 1 is 1.48 bits per heavy atom. The predicted octanol–water partition coefficient (Wildman–Crippen LogP) is 0.994. The van der Waals surface area contributed by atoms with E-state index in [0.29, 0.717) is 44.2 Å². The summed E-state index contributed by atoms with van der Waals surface area (Å²) >= 11 is 0. The molecule has 1 saturated heterocycles. The Bertz CT molecular complexity index is 830. The van der Waals surface area contributed by atoms with Gasteiger partial charge in [0.2, 0.25) is 5.91 Å². The van der Waals surface area contributed by atoms with Crippen LogP contribution in [0.1, 0.15) is 5.56 Å². The quantitative estimate of drug-likeness (QED) is 0.442. The molecule has 9 heteroatoms. The summed E-state index contributed by atoms with van der Waals surface area (Å²) in [6, 6.07) is 4.65. The van der Waals surface area contributed by atoms with E-state index in [4.69, 9.17) is 4.74 Å². The Hall–Kier alpha value is -3.12. The first-order valence-electron chi connectivity index (χ1n) is 8.63. The van der Waals surface area contributed by atoms with Gasteiger partial charge in [-0.1, -0.05) is 6.08 Å². The molecule has 0 bridgehead atoms. The minimum atomic E-state index is -0.578. The number of nitro benzene ring substituents is 1. The molecule has 1 aromatic carbocycles. The minimum absolute atomic E-state index is 0.00752. The molecule has 0 N–H and O–H groups in total. The van der Waals surface area contributed by atoms with Gasteiger partial charge in [-0.15, -0.1) is 0 Å². The van der Waals surface area contributed by atoms with Gasteiger partial charge in [0.1, 0.15) is 24.0 Å². The first kappa shape index (κ1) is 18.7. The van der Waals surface area contributed by atoms with Crippen LogP contribution in [-0.2, 0) is 4.79 Å². The molecule has 1 amide bonds. The first-order chi connectivity index (χ1) is 12.9. The largest absolute Gasteiger partial charge is 0.489 e. The number of carbonyl (C=O) groups is 1. The summed E-state index contributed by atoms with van der Waals surface area (Å²) in [5, 5.41) is 20.4. The monoisotopic (exact) mass is 371 g/mol. The molecule has 1 aromatic rings. The maximum atomic E-state index is 12.4. The second-order valence-corrected chi connectivity index (χ2v) is 6.81. The van der Waals surface area contributed by atoms with Crippen molar-refractivity contribution >= 4 is 17.3 Å². The topological polar surface area (TPSA) is 103 Å². The number of nitrogens with zero attached hydrogens (tertiary/aromatic N) is 5. The molecule has 27 heavy (non-hydrogen) atoms. The van der Waals surface area contributed by atoms with Crippen LogP contribution in [0.3, 0.4) is 0 Å². The third-order valence-corrected chi connectivity index (χ3v) is 4.66. The Morgan fingerprint density at radius 2 is 2.26 bits per heavy atom. The van der Waals surface area contributed by atoms with Crippen molar-refractivity contribution in [2.45, 2.75) is 6.04 Å². The fourth-order valence-electron chi connectivity index (χ4n) is 3.31. The number of benzene rings is 1. The third-order valence-electron chi connectivity index (χ3n) is 4.66. The summed E-state index contributed by atoms with van der Waals surface area (Å²) in [4.78, 5) is 28.7.